The molecule has 6 heteroatoms. The Hall–Kier alpha value is -2.21. The van der Waals surface area contributed by atoms with Crippen molar-refractivity contribution in [2.24, 2.45) is 0 Å². The minimum Gasteiger partial charge on any atom is -0.346 e. The maximum absolute atomic E-state index is 12.1. The van der Waals surface area contributed by atoms with Crippen LogP contribution < -0.4 is 10.6 Å². The molecule has 0 fully saturated rings. The Bertz CT molecular complexity index is 699. The summed E-state index contributed by atoms with van der Waals surface area (Å²) in [5.41, 5.74) is 2.26. The third-order valence-electron chi connectivity index (χ3n) is 3.19. The van der Waals surface area contributed by atoms with E-state index in [0.717, 1.165) is 10.7 Å². The highest BCUT2D eigenvalue weighted by Crippen LogP contribution is 2.23. The Morgan fingerprint density at radius 3 is 2.35 bits per heavy atom. The van der Waals surface area contributed by atoms with Crippen LogP contribution in [0, 0.1) is 0 Å². The van der Waals surface area contributed by atoms with E-state index in [1.807, 2.05) is 5.38 Å². The average Bonchev–Trinajstić information content (AvgIpc) is 2.94. The molecule has 0 saturated carbocycles. The van der Waals surface area contributed by atoms with Gasteiger partial charge in [-0.25, -0.2) is 4.98 Å². The molecule has 0 aliphatic carbocycles. The SMILES string of the molecule is CC(=O)Nc1ccc(C(=O)NCc2nc(C(C)(C)C)cs2)cc1. The summed E-state index contributed by atoms with van der Waals surface area (Å²) in [7, 11) is 0. The first-order valence-corrected chi connectivity index (χ1v) is 8.24. The van der Waals surface area contributed by atoms with Crippen molar-refractivity contribution in [1.29, 1.82) is 0 Å². The third-order valence-corrected chi connectivity index (χ3v) is 4.04. The van der Waals surface area contributed by atoms with E-state index in [4.69, 9.17) is 0 Å². The number of amides is 2. The lowest BCUT2D eigenvalue weighted by atomic mass is 9.93. The van der Waals surface area contributed by atoms with Crippen molar-refractivity contribution in [3.63, 3.8) is 0 Å². The summed E-state index contributed by atoms with van der Waals surface area (Å²) in [6.07, 6.45) is 0. The molecule has 0 radical (unpaired) electrons. The lowest BCUT2D eigenvalue weighted by Gasteiger charge is -2.14. The fourth-order valence-electron chi connectivity index (χ4n) is 1.90. The van der Waals surface area contributed by atoms with Crippen molar-refractivity contribution in [3.05, 3.63) is 45.9 Å². The minimum atomic E-state index is -0.160. The zero-order chi connectivity index (χ0) is 17.0. The fraction of sp³-hybridized carbons (Fsp3) is 0.353. The van der Waals surface area contributed by atoms with Crippen LogP contribution >= 0.6 is 11.3 Å². The molecule has 0 unspecified atom stereocenters. The second kappa shape index (κ2) is 6.91. The van der Waals surface area contributed by atoms with Crippen molar-refractivity contribution >= 4 is 28.8 Å². The first-order valence-electron chi connectivity index (χ1n) is 7.36. The second-order valence-electron chi connectivity index (χ2n) is 6.32. The van der Waals surface area contributed by atoms with E-state index >= 15 is 0 Å². The molecule has 2 amide bonds. The largest absolute Gasteiger partial charge is 0.346 e. The van der Waals surface area contributed by atoms with Crippen LogP contribution in [0.5, 0.6) is 0 Å². The maximum atomic E-state index is 12.1. The zero-order valence-corrected chi connectivity index (χ0v) is 14.6. The van der Waals surface area contributed by atoms with Crippen LogP contribution in [-0.2, 0) is 16.8 Å². The van der Waals surface area contributed by atoms with E-state index < -0.39 is 0 Å². The minimum absolute atomic E-state index is 0.0122. The van der Waals surface area contributed by atoms with E-state index in [0.29, 0.717) is 17.8 Å². The van der Waals surface area contributed by atoms with Gasteiger partial charge in [-0.3, -0.25) is 9.59 Å². The van der Waals surface area contributed by atoms with Gasteiger partial charge >= 0.3 is 0 Å². The van der Waals surface area contributed by atoms with Crippen LogP contribution in [0.1, 0.15) is 48.8 Å². The van der Waals surface area contributed by atoms with Gasteiger partial charge in [0, 0.05) is 29.0 Å². The van der Waals surface area contributed by atoms with E-state index in [9.17, 15) is 9.59 Å². The zero-order valence-electron chi connectivity index (χ0n) is 13.8. The number of benzene rings is 1. The Labute approximate surface area is 140 Å². The Balaban J connectivity index is 1.94. The van der Waals surface area contributed by atoms with Gasteiger partial charge in [-0.05, 0) is 24.3 Å². The summed E-state index contributed by atoms with van der Waals surface area (Å²) < 4.78 is 0. The number of nitrogens with one attached hydrogen (secondary N) is 2. The molecule has 1 aromatic heterocycles. The van der Waals surface area contributed by atoms with Crippen LogP contribution in [-0.4, -0.2) is 16.8 Å². The molecule has 0 aliphatic heterocycles. The van der Waals surface area contributed by atoms with Crippen molar-refractivity contribution in [2.75, 3.05) is 5.32 Å². The molecule has 23 heavy (non-hydrogen) atoms. The molecule has 0 spiro atoms. The van der Waals surface area contributed by atoms with E-state index in [-0.39, 0.29) is 17.2 Å². The lowest BCUT2D eigenvalue weighted by molar-refractivity contribution is -0.114. The highest BCUT2D eigenvalue weighted by Gasteiger charge is 2.17. The fourth-order valence-corrected chi connectivity index (χ4v) is 2.86. The van der Waals surface area contributed by atoms with Crippen molar-refractivity contribution in [3.8, 4) is 0 Å². The summed E-state index contributed by atoms with van der Waals surface area (Å²) in [6, 6.07) is 6.78. The molecule has 0 atom stereocenters. The number of hydrogen-bond donors (Lipinski definition) is 2. The normalized spacial score (nSPS) is 11.1. The summed E-state index contributed by atoms with van der Waals surface area (Å²) in [4.78, 5) is 27.7. The monoisotopic (exact) mass is 331 g/mol. The van der Waals surface area contributed by atoms with Gasteiger partial charge in [0.05, 0.1) is 12.2 Å². The highest BCUT2D eigenvalue weighted by atomic mass is 32.1. The molecule has 122 valence electrons. The molecule has 1 heterocycles. The van der Waals surface area contributed by atoms with Gasteiger partial charge in [-0.1, -0.05) is 20.8 Å². The summed E-state index contributed by atoms with van der Waals surface area (Å²) in [5.74, 6) is -0.299. The number of anilines is 1. The van der Waals surface area contributed by atoms with E-state index in [1.54, 1.807) is 35.6 Å². The van der Waals surface area contributed by atoms with Crippen LogP contribution in [0.3, 0.4) is 0 Å². The van der Waals surface area contributed by atoms with Gasteiger partial charge in [-0.2, -0.15) is 0 Å². The topological polar surface area (TPSA) is 71.1 Å². The van der Waals surface area contributed by atoms with Crippen molar-refractivity contribution in [1.82, 2.24) is 10.3 Å². The maximum Gasteiger partial charge on any atom is 0.251 e. The van der Waals surface area contributed by atoms with Gasteiger partial charge in [0.15, 0.2) is 0 Å². The van der Waals surface area contributed by atoms with Crippen LogP contribution in [0.2, 0.25) is 0 Å². The second-order valence-corrected chi connectivity index (χ2v) is 7.26. The Morgan fingerprint density at radius 2 is 1.83 bits per heavy atom. The Kier molecular flexibility index (Phi) is 5.15. The molecular weight excluding hydrogens is 310 g/mol. The number of carbonyl (C=O) groups is 2. The first kappa shape index (κ1) is 17.1. The number of thiazole rings is 1. The standard InChI is InChI=1S/C17H21N3O2S/c1-11(21)19-13-7-5-12(6-8-13)16(22)18-9-15-20-14(10-23-15)17(2,3)4/h5-8,10H,9H2,1-4H3,(H,18,22)(H,19,21). The number of rotatable bonds is 4. The van der Waals surface area contributed by atoms with Gasteiger partial charge < -0.3 is 10.6 Å². The molecular formula is C17H21N3O2S. The molecule has 2 rings (SSSR count). The van der Waals surface area contributed by atoms with Gasteiger partial charge in [0.1, 0.15) is 5.01 Å². The van der Waals surface area contributed by atoms with E-state index in [1.165, 1.54) is 6.92 Å². The average molecular weight is 331 g/mol. The molecule has 1 aromatic carbocycles. The smallest absolute Gasteiger partial charge is 0.251 e. The number of carbonyl (C=O) groups excluding carboxylic acids is 2. The molecule has 0 aliphatic rings. The first-order chi connectivity index (χ1) is 10.8. The third kappa shape index (κ3) is 4.89. The van der Waals surface area contributed by atoms with Crippen LogP contribution in [0.25, 0.3) is 0 Å². The van der Waals surface area contributed by atoms with Gasteiger partial charge in [-0.15, -0.1) is 11.3 Å². The van der Waals surface area contributed by atoms with Crippen LogP contribution in [0.4, 0.5) is 5.69 Å². The molecule has 2 aromatic rings. The molecule has 2 N–H and O–H groups in total. The Morgan fingerprint density at radius 1 is 1.17 bits per heavy atom. The van der Waals surface area contributed by atoms with Crippen molar-refractivity contribution in [2.45, 2.75) is 39.7 Å². The van der Waals surface area contributed by atoms with E-state index in [2.05, 4.69) is 36.4 Å². The molecule has 0 saturated heterocycles. The predicted octanol–water partition coefficient (Wildman–Crippen LogP) is 3.33. The highest BCUT2D eigenvalue weighted by molar-refractivity contribution is 7.09. The molecule has 5 nitrogen and oxygen atoms in total. The van der Waals surface area contributed by atoms with Crippen molar-refractivity contribution < 1.29 is 9.59 Å². The van der Waals surface area contributed by atoms with Gasteiger partial charge in [0.2, 0.25) is 5.91 Å². The van der Waals surface area contributed by atoms with Gasteiger partial charge in [0.25, 0.3) is 5.91 Å². The number of aromatic nitrogens is 1. The number of nitrogens with zero attached hydrogens (tertiary/aromatic N) is 1. The lowest BCUT2D eigenvalue weighted by Crippen LogP contribution is -2.23. The summed E-state index contributed by atoms with van der Waals surface area (Å²) in [6.45, 7) is 8.19. The quantitative estimate of drug-likeness (QED) is 0.903. The van der Waals surface area contributed by atoms with Crippen LogP contribution in [0.15, 0.2) is 29.6 Å². The molecule has 0 bridgehead atoms. The predicted molar refractivity (Wildman–Crippen MR) is 92.7 cm³/mol. The number of hydrogen-bond acceptors (Lipinski definition) is 4. The summed E-state index contributed by atoms with van der Waals surface area (Å²) >= 11 is 1.55. The summed E-state index contributed by atoms with van der Waals surface area (Å²) in [5, 5.41) is 8.45.